The molecule has 97 heavy (non-hydrogen) atoms. The molecule has 2 atom stereocenters. The number of hydrogen-bond acceptors (Lipinski definition) is 8. The third-order valence-electron chi connectivity index (χ3n) is 20.9. The van der Waals surface area contributed by atoms with E-state index in [1.807, 2.05) is 21.1 Å². The number of likely N-dealkylation sites (N-methyl/N-ethyl adjacent to an activating group) is 1. The number of rotatable bonds is 85. The molecule has 9 nitrogen and oxygen atoms in total. The molecule has 0 aliphatic rings. The molecule has 0 aliphatic carbocycles. The molecule has 0 aromatic heterocycles. The van der Waals surface area contributed by atoms with Crippen molar-refractivity contribution < 1.29 is 42.9 Å². The van der Waals surface area contributed by atoms with Crippen LogP contribution in [0.3, 0.4) is 0 Å². The zero-order chi connectivity index (χ0) is 70.4. The van der Waals surface area contributed by atoms with Crippen molar-refractivity contribution in [2.24, 2.45) is 0 Å². The van der Waals surface area contributed by atoms with Gasteiger partial charge in [0.05, 0.1) is 40.3 Å². The molecular formula is C88H173NO8. The summed E-state index contributed by atoms with van der Waals surface area (Å²) in [7, 11) is 5.96. The Bertz CT molecular complexity index is 1550. The van der Waals surface area contributed by atoms with Gasteiger partial charge in [-0.2, -0.15) is 0 Å². The van der Waals surface area contributed by atoms with Crippen LogP contribution in [-0.4, -0.2) is 82.3 Å². The molecule has 0 fully saturated rings. The van der Waals surface area contributed by atoms with E-state index in [1.165, 1.54) is 424 Å². The van der Waals surface area contributed by atoms with Gasteiger partial charge in [0.15, 0.2) is 12.4 Å². The third-order valence-corrected chi connectivity index (χ3v) is 20.9. The highest BCUT2D eigenvalue weighted by atomic mass is 16.7. The Morgan fingerprint density at radius 2 is 0.464 bits per heavy atom. The second kappa shape index (κ2) is 80.0. The molecule has 9 heteroatoms. The minimum atomic E-state index is -1.62. The fourth-order valence-electron chi connectivity index (χ4n) is 14.1. The SMILES string of the molecule is CCCCCCCCCCCCCCCCCCCCCCCCCCCCCCCCCCCCCCCCCC(=O)OC(COC(=O)CCCCCCCCCCCCCCCCCCCCCCCCCCCCCCCCCCC)COC(OCC[N+](C)(C)C)C(=O)[O-]. The number of carboxylic acid groups (broad SMARTS) is 1. The van der Waals surface area contributed by atoms with Gasteiger partial charge in [0.2, 0.25) is 0 Å². The number of carboxylic acids is 1. The van der Waals surface area contributed by atoms with Crippen molar-refractivity contribution in [1.82, 2.24) is 0 Å². The lowest BCUT2D eigenvalue weighted by atomic mass is 10.0. The van der Waals surface area contributed by atoms with E-state index < -0.39 is 24.3 Å². The lowest BCUT2D eigenvalue weighted by molar-refractivity contribution is -0.870. The number of aliphatic carboxylic acids is 1. The van der Waals surface area contributed by atoms with Gasteiger partial charge in [-0.3, -0.25) is 9.59 Å². The van der Waals surface area contributed by atoms with Crippen LogP contribution >= 0.6 is 0 Å². The second-order valence-electron chi connectivity index (χ2n) is 31.9. The van der Waals surface area contributed by atoms with Crippen LogP contribution in [0.5, 0.6) is 0 Å². The highest BCUT2D eigenvalue weighted by molar-refractivity contribution is 5.70. The van der Waals surface area contributed by atoms with Crippen molar-refractivity contribution in [1.29, 1.82) is 0 Å². The predicted molar refractivity (Wildman–Crippen MR) is 417 cm³/mol. The number of unbranched alkanes of at least 4 members (excludes halogenated alkanes) is 70. The fourth-order valence-corrected chi connectivity index (χ4v) is 14.1. The Kier molecular flexibility index (Phi) is 78.6. The fraction of sp³-hybridized carbons (Fsp3) is 0.966. The molecule has 0 rings (SSSR count). The van der Waals surface area contributed by atoms with Gasteiger partial charge in [0.1, 0.15) is 13.2 Å². The molecule has 0 saturated carbocycles. The molecule has 0 aromatic rings. The monoisotopic (exact) mass is 1370 g/mol. The molecule has 578 valence electrons. The zero-order valence-corrected chi connectivity index (χ0v) is 66.5. The number of carbonyl (C=O) groups is 3. The molecule has 0 radical (unpaired) electrons. The van der Waals surface area contributed by atoms with Gasteiger partial charge in [-0.25, -0.2) is 0 Å². The Morgan fingerprint density at radius 1 is 0.268 bits per heavy atom. The van der Waals surface area contributed by atoms with Crippen LogP contribution in [0.2, 0.25) is 0 Å². The van der Waals surface area contributed by atoms with E-state index in [0.717, 1.165) is 38.5 Å². The zero-order valence-electron chi connectivity index (χ0n) is 66.5. The molecule has 0 spiro atoms. The quantitative estimate of drug-likeness (QED) is 0.0256. The van der Waals surface area contributed by atoms with Crippen molar-refractivity contribution >= 4 is 17.9 Å². The first kappa shape index (κ1) is 95.3. The predicted octanol–water partition coefficient (Wildman–Crippen LogP) is 27.2. The van der Waals surface area contributed by atoms with Crippen molar-refractivity contribution in [2.75, 3.05) is 47.5 Å². The number of esters is 2. The summed E-state index contributed by atoms with van der Waals surface area (Å²) in [5.74, 6) is -2.24. The molecule has 0 saturated heterocycles. The Balaban J connectivity index is 3.88. The van der Waals surface area contributed by atoms with Crippen molar-refractivity contribution in [3.8, 4) is 0 Å². The number of hydrogen-bond donors (Lipinski definition) is 0. The lowest BCUT2D eigenvalue weighted by Gasteiger charge is -2.26. The van der Waals surface area contributed by atoms with Crippen molar-refractivity contribution in [2.45, 2.75) is 501 Å². The van der Waals surface area contributed by atoms with Crippen LogP contribution in [0.4, 0.5) is 0 Å². The van der Waals surface area contributed by atoms with Gasteiger partial charge < -0.3 is 33.3 Å². The Morgan fingerprint density at radius 3 is 0.660 bits per heavy atom. The molecule has 2 unspecified atom stereocenters. The van der Waals surface area contributed by atoms with Crippen molar-refractivity contribution in [3.63, 3.8) is 0 Å². The van der Waals surface area contributed by atoms with E-state index >= 15 is 0 Å². The summed E-state index contributed by atoms with van der Waals surface area (Å²) in [6.45, 7) is 4.86. The van der Waals surface area contributed by atoms with Crippen LogP contribution in [0.1, 0.15) is 489 Å². The standard InChI is InChI=1S/C88H173NO8/c1-6-8-10-12-14-16-18-20-22-24-26-28-30-32-34-36-38-40-41-42-43-44-45-47-49-51-53-55-57-59-61-63-65-67-69-71-73-75-77-79-86(91)97-84(83-96-88(87(92)93)94-81-80-89(3,4)5)82-95-85(90)78-76-74-72-70-68-66-64-62-60-58-56-54-52-50-48-46-39-37-35-33-31-29-27-25-23-21-19-17-15-13-11-9-7-2/h84,88H,6-83H2,1-5H3. The first-order valence-corrected chi connectivity index (χ1v) is 44.2. The maximum Gasteiger partial charge on any atom is 0.306 e. The van der Waals surface area contributed by atoms with Gasteiger partial charge in [0.25, 0.3) is 0 Å². The smallest absolute Gasteiger partial charge is 0.306 e. The summed E-state index contributed by atoms with van der Waals surface area (Å²) in [5.41, 5.74) is 0. The number of quaternary nitrogens is 1. The van der Waals surface area contributed by atoms with Crippen LogP contribution in [0.15, 0.2) is 0 Å². The summed E-state index contributed by atoms with van der Waals surface area (Å²) in [6.07, 6.45) is 97.1. The molecular weight excluding hydrogens is 1200 g/mol. The van der Waals surface area contributed by atoms with Crippen LogP contribution in [0, 0.1) is 0 Å². The topological polar surface area (TPSA) is 111 Å². The summed E-state index contributed by atoms with van der Waals surface area (Å²) in [4.78, 5) is 37.7. The molecule has 0 aliphatic heterocycles. The minimum Gasteiger partial charge on any atom is -0.545 e. The molecule has 0 heterocycles. The van der Waals surface area contributed by atoms with E-state index in [1.54, 1.807) is 0 Å². The largest absolute Gasteiger partial charge is 0.545 e. The number of carbonyl (C=O) groups excluding carboxylic acids is 3. The highest BCUT2D eigenvalue weighted by Gasteiger charge is 2.22. The maximum absolute atomic E-state index is 13.0. The van der Waals surface area contributed by atoms with E-state index in [4.69, 9.17) is 18.9 Å². The van der Waals surface area contributed by atoms with E-state index in [-0.39, 0.29) is 32.2 Å². The highest BCUT2D eigenvalue weighted by Crippen LogP contribution is 2.22. The third kappa shape index (κ3) is 81.5. The summed E-state index contributed by atoms with van der Waals surface area (Å²) < 4.78 is 22.9. The van der Waals surface area contributed by atoms with Gasteiger partial charge in [0, 0.05) is 12.8 Å². The van der Waals surface area contributed by atoms with Crippen LogP contribution in [-0.2, 0) is 33.3 Å². The lowest BCUT2D eigenvalue weighted by Crippen LogP contribution is -2.44. The van der Waals surface area contributed by atoms with E-state index in [9.17, 15) is 19.5 Å². The molecule has 0 bridgehead atoms. The first-order chi connectivity index (χ1) is 47.6. The summed E-state index contributed by atoms with van der Waals surface area (Å²) in [5, 5.41) is 11.9. The minimum absolute atomic E-state index is 0.154. The van der Waals surface area contributed by atoms with Crippen molar-refractivity contribution in [3.05, 3.63) is 0 Å². The average molecular weight is 1370 g/mol. The van der Waals surface area contributed by atoms with Gasteiger partial charge in [-0.15, -0.1) is 0 Å². The maximum atomic E-state index is 13.0. The Hall–Kier alpha value is -1.71. The van der Waals surface area contributed by atoms with Gasteiger partial charge in [-0.05, 0) is 12.8 Å². The van der Waals surface area contributed by atoms with Crippen LogP contribution in [0.25, 0.3) is 0 Å². The average Bonchev–Trinajstić information content (AvgIpc) is 2.39. The molecule has 0 N–H and O–H groups in total. The Labute approximate surface area is 606 Å². The normalized spacial score (nSPS) is 12.5. The summed E-state index contributed by atoms with van der Waals surface area (Å²) in [6, 6.07) is 0. The first-order valence-electron chi connectivity index (χ1n) is 44.2. The van der Waals surface area contributed by atoms with E-state index in [0.29, 0.717) is 17.4 Å². The number of nitrogens with zero attached hydrogens (tertiary/aromatic N) is 1. The molecule has 0 amide bonds. The van der Waals surface area contributed by atoms with Gasteiger partial charge in [-0.1, -0.05) is 463 Å². The van der Waals surface area contributed by atoms with E-state index in [2.05, 4.69) is 13.8 Å². The summed E-state index contributed by atoms with van der Waals surface area (Å²) >= 11 is 0. The number of ether oxygens (including phenoxy) is 4. The van der Waals surface area contributed by atoms with Gasteiger partial charge >= 0.3 is 11.9 Å². The van der Waals surface area contributed by atoms with Crippen LogP contribution < -0.4 is 5.11 Å². The second-order valence-corrected chi connectivity index (χ2v) is 31.9. The molecule has 0 aromatic carbocycles.